The Bertz CT molecular complexity index is 1540. The maximum Gasteiger partial charge on any atom is 0.344 e. The maximum absolute atomic E-state index is 12.5. The number of anilines is 2. The minimum absolute atomic E-state index is 0.155. The molecule has 200 valence electrons. The van der Waals surface area contributed by atoms with E-state index in [1.54, 1.807) is 31.7 Å². The average molecular weight is 541 g/mol. The molecular weight excluding hydrogens is 508 g/mol. The van der Waals surface area contributed by atoms with Gasteiger partial charge in [-0.05, 0) is 79.2 Å². The van der Waals surface area contributed by atoms with Gasteiger partial charge in [-0.1, -0.05) is 24.3 Å². The minimum Gasteiger partial charge on any atom is -0.496 e. The Balaban J connectivity index is 1.57. The van der Waals surface area contributed by atoms with Crippen LogP contribution < -0.4 is 24.8 Å². The SMILES string of the molecule is COc1ccccc1NCc1c(-c2ccc(OC(=O)c3ccsc3)cc2OC)ccc2c1C(C)=CC(C)(C)N2. The van der Waals surface area contributed by atoms with Gasteiger partial charge in [0.1, 0.15) is 17.2 Å². The van der Waals surface area contributed by atoms with Crippen LogP contribution in [-0.4, -0.2) is 25.7 Å². The maximum atomic E-state index is 12.5. The van der Waals surface area contributed by atoms with Gasteiger partial charge in [0.05, 0.1) is 31.0 Å². The zero-order valence-electron chi connectivity index (χ0n) is 22.8. The predicted molar refractivity (Wildman–Crippen MR) is 159 cm³/mol. The van der Waals surface area contributed by atoms with Gasteiger partial charge < -0.3 is 24.8 Å². The Morgan fingerprint density at radius 2 is 1.74 bits per heavy atom. The molecule has 3 aromatic carbocycles. The lowest BCUT2D eigenvalue weighted by Crippen LogP contribution is -2.32. The molecule has 6 nitrogen and oxygen atoms in total. The number of carbonyl (C=O) groups excluding carboxylic acids is 1. The smallest absolute Gasteiger partial charge is 0.344 e. The molecule has 0 amide bonds. The molecule has 0 aliphatic carbocycles. The van der Waals surface area contributed by atoms with Gasteiger partial charge in [-0.2, -0.15) is 11.3 Å². The van der Waals surface area contributed by atoms with Crippen molar-refractivity contribution in [3.63, 3.8) is 0 Å². The van der Waals surface area contributed by atoms with Gasteiger partial charge in [0.15, 0.2) is 0 Å². The minimum atomic E-state index is -0.393. The molecule has 0 spiro atoms. The van der Waals surface area contributed by atoms with E-state index in [0.717, 1.165) is 39.4 Å². The third-order valence-corrected chi connectivity index (χ3v) is 7.42. The molecule has 2 heterocycles. The summed E-state index contributed by atoms with van der Waals surface area (Å²) < 4.78 is 17.0. The Kier molecular flexibility index (Phi) is 7.35. The molecular formula is C32H32N2O4S. The summed E-state index contributed by atoms with van der Waals surface area (Å²) in [5.74, 6) is 1.44. The summed E-state index contributed by atoms with van der Waals surface area (Å²) in [6.45, 7) is 7.05. The highest BCUT2D eigenvalue weighted by molar-refractivity contribution is 7.08. The number of benzene rings is 3. The molecule has 39 heavy (non-hydrogen) atoms. The van der Waals surface area contributed by atoms with E-state index < -0.39 is 5.97 Å². The van der Waals surface area contributed by atoms with Gasteiger partial charge in [0.25, 0.3) is 0 Å². The van der Waals surface area contributed by atoms with Gasteiger partial charge in [0, 0.05) is 34.8 Å². The van der Waals surface area contributed by atoms with Crippen LogP contribution in [0.3, 0.4) is 0 Å². The van der Waals surface area contributed by atoms with Crippen LogP contribution in [-0.2, 0) is 6.54 Å². The van der Waals surface area contributed by atoms with Crippen molar-refractivity contribution in [3.05, 3.63) is 94.2 Å². The number of rotatable bonds is 8. The molecule has 0 atom stereocenters. The third-order valence-electron chi connectivity index (χ3n) is 6.73. The summed E-state index contributed by atoms with van der Waals surface area (Å²) in [5, 5.41) is 10.9. The molecule has 0 saturated heterocycles. The van der Waals surface area contributed by atoms with Crippen LogP contribution in [0.4, 0.5) is 11.4 Å². The number of hydrogen-bond acceptors (Lipinski definition) is 7. The standard InChI is InChI=1S/C32H32N2O4S/c1-20-17-32(2,3)34-27-13-12-23(25(30(20)27)18-33-26-8-6-7-9-28(26)36-4)24-11-10-22(16-29(24)37-5)38-31(35)21-14-15-39-19-21/h6-17,19,33-34H,18H2,1-5H3. The highest BCUT2D eigenvalue weighted by Crippen LogP contribution is 2.43. The highest BCUT2D eigenvalue weighted by Gasteiger charge is 2.27. The van der Waals surface area contributed by atoms with E-state index in [-0.39, 0.29) is 5.54 Å². The number of hydrogen-bond donors (Lipinski definition) is 2. The number of nitrogens with one attached hydrogen (secondary N) is 2. The molecule has 0 saturated carbocycles. The number of esters is 1. The number of allylic oxidation sites excluding steroid dienone is 1. The average Bonchev–Trinajstić information content (AvgIpc) is 3.46. The molecule has 0 radical (unpaired) electrons. The van der Waals surface area contributed by atoms with Crippen LogP contribution in [0.5, 0.6) is 17.2 Å². The fourth-order valence-electron chi connectivity index (χ4n) is 5.11. The predicted octanol–water partition coefficient (Wildman–Crippen LogP) is 7.87. The Morgan fingerprint density at radius 1 is 0.974 bits per heavy atom. The molecule has 1 aromatic heterocycles. The molecule has 5 rings (SSSR count). The molecule has 0 fully saturated rings. The highest BCUT2D eigenvalue weighted by atomic mass is 32.1. The molecule has 0 unspecified atom stereocenters. The topological polar surface area (TPSA) is 68.8 Å². The summed E-state index contributed by atoms with van der Waals surface area (Å²) in [6.07, 6.45) is 2.26. The van der Waals surface area contributed by atoms with Crippen molar-refractivity contribution >= 4 is 34.3 Å². The van der Waals surface area contributed by atoms with E-state index >= 15 is 0 Å². The fourth-order valence-corrected chi connectivity index (χ4v) is 5.74. The fraction of sp³-hybridized carbons (Fsp3) is 0.219. The van der Waals surface area contributed by atoms with Crippen LogP contribution in [0.1, 0.15) is 42.3 Å². The molecule has 7 heteroatoms. The lowest BCUT2D eigenvalue weighted by Gasteiger charge is -2.33. The van der Waals surface area contributed by atoms with Gasteiger partial charge in [-0.3, -0.25) is 0 Å². The van der Waals surface area contributed by atoms with Crippen LogP contribution in [0.25, 0.3) is 16.7 Å². The number of para-hydroxylation sites is 2. The second kappa shape index (κ2) is 10.9. The van der Waals surface area contributed by atoms with E-state index in [4.69, 9.17) is 14.2 Å². The zero-order valence-corrected chi connectivity index (χ0v) is 23.6. The Hall–Kier alpha value is -4.23. The summed E-state index contributed by atoms with van der Waals surface area (Å²) in [4.78, 5) is 12.5. The monoisotopic (exact) mass is 540 g/mol. The second-order valence-electron chi connectivity index (χ2n) is 10.0. The van der Waals surface area contributed by atoms with E-state index in [2.05, 4.69) is 49.6 Å². The molecule has 4 aromatic rings. The van der Waals surface area contributed by atoms with Crippen LogP contribution in [0.2, 0.25) is 0 Å². The van der Waals surface area contributed by atoms with E-state index in [1.807, 2.05) is 41.8 Å². The first kappa shape index (κ1) is 26.4. The number of ether oxygens (including phenoxy) is 3. The number of carbonyl (C=O) groups is 1. The van der Waals surface area contributed by atoms with E-state index in [1.165, 1.54) is 16.9 Å². The van der Waals surface area contributed by atoms with E-state index in [0.29, 0.717) is 23.6 Å². The number of methoxy groups -OCH3 is 2. The molecule has 0 bridgehead atoms. The summed E-state index contributed by atoms with van der Waals surface area (Å²) in [7, 11) is 3.30. The Morgan fingerprint density at radius 3 is 2.49 bits per heavy atom. The van der Waals surface area contributed by atoms with Crippen LogP contribution in [0, 0.1) is 0 Å². The first-order valence-electron chi connectivity index (χ1n) is 12.7. The van der Waals surface area contributed by atoms with Gasteiger partial charge >= 0.3 is 5.97 Å². The quantitative estimate of drug-likeness (QED) is 0.175. The molecule has 1 aliphatic rings. The van der Waals surface area contributed by atoms with Crippen molar-refractivity contribution in [3.8, 4) is 28.4 Å². The third kappa shape index (κ3) is 5.49. The first-order chi connectivity index (χ1) is 18.8. The molecule has 2 N–H and O–H groups in total. The largest absolute Gasteiger partial charge is 0.496 e. The van der Waals surface area contributed by atoms with Gasteiger partial charge in [-0.25, -0.2) is 4.79 Å². The van der Waals surface area contributed by atoms with Gasteiger partial charge in [0.2, 0.25) is 0 Å². The van der Waals surface area contributed by atoms with Crippen molar-refractivity contribution in [1.29, 1.82) is 0 Å². The summed E-state index contributed by atoms with van der Waals surface area (Å²) in [6, 6.07) is 19.4. The molecule has 1 aliphatic heterocycles. The van der Waals surface area contributed by atoms with Gasteiger partial charge in [-0.15, -0.1) is 0 Å². The lowest BCUT2D eigenvalue weighted by atomic mass is 9.85. The normalized spacial score (nSPS) is 13.5. The second-order valence-corrected chi connectivity index (χ2v) is 10.8. The van der Waals surface area contributed by atoms with E-state index in [9.17, 15) is 4.79 Å². The number of thiophene rings is 1. The summed E-state index contributed by atoms with van der Waals surface area (Å²) >= 11 is 1.45. The van der Waals surface area contributed by atoms with Crippen molar-refractivity contribution in [1.82, 2.24) is 0 Å². The van der Waals surface area contributed by atoms with Crippen molar-refractivity contribution in [2.24, 2.45) is 0 Å². The van der Waals surface area contributed by atoms with Crippen molar-refractivity contribution in [2.75, 3.05) is 24.9 Å². The lowest BCUT2D eigenvalue weighted by molar-refractivity contribution is 0.0735. The van der Waals surface area contributed by atoms with Crippen molar-refractivity contribution < 1.29 is 19.0 Å². The Labute approximate surface area is 233 Å². The first-order valence-corrected chi connectivity index (χ1v) is 13.7. The summed E-state index contributed by atoms with van der Waals surface area (Å²) in [5.41, 5.74) is 7.78. The van der Waals surface area contributed by atoms with Crippen LogP contribution >= 0.6 is 11.3 Å². The number of fused-ring (bicyclic) bond motifs is 1. The zero-order chi connectivity index (χ0) is 27.6. The van der Waals surface area contributed by atoms with Crippen molar-refractivity contribution in [2.45, 2.75) is 32.9 Å². The van der Waals surface area contributed by atoms with Crippen LogP contribution in [0.15, 0.2) is 77.5 Å².